The first-order valence-corrected chi connectivity index (χ1v) is 10.5. The molecule has 5 aromatic rings. The summed E-state index contributed by atoms with van der Waals surface area (Å²) in [4.78, 5) is 4.72. The summed E-state index contributed by atoms with van der Waals surface area (Å²) in [6.45, 7) is 0. The Balaban J connectivity index is 1.47. The molecule has 31 heavy (non-hydrogen) atoms. The third-order valence-corrected chi connectivity index (χ3v) is 5.60. The Kier molecular flexibility index (Phi) is 5.06. The van der Waals surface area contributed by atoms with Crippen molar-refractivity contribution < 1.29 is 8.78 Å². The quantitative estimate of drug-likeness (QED) is 0.288. The Labute approximate surface area is 189 Å². The number of hydrogen-bond donors (Lipinski definition) is 1. The Morgan fingerprint density at radius 1 is 0.871 bits per heavy atom. The van der Waals surface area contributed by atoms with Gasteiger partial charge in [-0.15, -0.1) is 5.10 Å². The van der Waals surface area contributed by atoms with Crippen LogP contribution in [0, 0.1) is 15.2 Å². The van der Waals surface area contributed by atoms with E-state index in [-0.39, 0.29) is 11.6 Å². The molecule has 1 N–H and O–H groups in total. The fraction of sp³-hybridized carbons (Fsp3) is 0. The lowest BCUT2D eigenvalue weighted by Gasteiger charge is -2.10. The molecule has 0 spiro atoms. The molecule has 0 bridgehead atoms. The van der Waals surface area contributed by atoms with Crippen LogP contribution in [0.2, 0.25) is 0 Å². The highest BCUT2D eigenvalue weighted by molar-refractivity contribution is 14.1. The molecule has 3 aromatic carbocycles. The first-order valence-electron chi connectivity index (χ1n) is 9.37. The van der Waals surface area contributed by atoms with E-state index in [1.807, 2.05) is 52.9 Å². The average molecular weight is 525 g/mol. The predicted molar refractivity (Wildman–Crippen MR) is 124 cm³/mol. The van der Waals surface area contributed by atoms with E-state index in [2.05, 4.69) is 15.6 Å². The summed E-state index contributed by atoms with van der Waals surface area (Å²) in [7, 11) is 0. The van der Waals surface area contributed by atoms with Gasteiger partial charge >= 0.3 is 0 Å². The van der Waals surface area contributed by atoms with E-state index in [1.165, 1.54) is 18.2 Å². The van der Waals surface area contributed by atoms with E-state index in [4.69, 9.17) is 4.98 Å². The molecule has 0 atom stereocenters. The second-order valence-corrected chi connectivity index (χ2v) is 8.01. The van der Waals surface area contributed by atoms with Crippen molar-refractivity contribution in [1.29, 1.82) is 0 Å². The zero-order chi connectivity index (χ0) is 21.4. The largest absolute Gasteiger partial charge is 0.355 e. The molecule has 8 heteroatoms. The highest BCUT2D eigenvalue weighted by Crippen LogP contribution is 2.29. The second kappa shape index (κ2) is 8.03. The molecule has 0 aliphatic carbocycles. The number of hydrogen-bond acceptors (Lipinski definition) is 4. The summed E-state index contributed by atoms with van der Waals surface area (Å²) in [6, 6.07) is 20.5. The monoisotopic (exact) mass is 525 g/mol. The van der Waals surface area contributed by atoms with Gasteiger partial charge < -0.3 is 5.32 Å². The van der Waals surface area contributed by atoms with E-state index in [1.54, 1.807) is 35.1 Å². The zero-order valence-electron chi connectivity index (χ0n) is 15.9. The minimum absolute atomic E-state index is 0.246. The SMILES string of the molecule is Fc1ccc(-n2cc(-c3ccc4c(Nc5ccc(F)c(I)c5)cccc4n3)nn2)cc1. The van der Waals surface area contributed by atoms with Crippen LogP contribution in [0.1, 0.15) is 0 Å². The van der Waals surface area contributed by atoms with Crippen LogP contribution in [-0.2, 0) is 0 Å². The third kappa shape index (κ3) is 3.98. The smallest absolute Gasteiger partial charge is 0.136 e. The van der Waals surface area contributed by atoms with Crippen molar-refractivity contribution in [2.45, 2.75) is 0 Å². The Hall–Kier alpha value is -3.40. The van der Waals surface area contributed by atoms with Crippen molar-refractivity contribution in [3.8, 4) is 17.1 Å². The lowest BCUT2D eigenvalue weighted by molar-refractivity contribution is 0.620. The van der Waals surface area contributed by atoms with Crippen molar-refractivity contribution in [3.05, 3.63) is 94.2 Å². The zero-order valence-corrected chi connectivity index (χ0v) is 18.1. The number of nitrogens with zero attached hydrogens (tertiary/aromatic N) is 4. The number of halogens is 3. The van der Waals surface area contributed by atoms with E-state index in [9.17, 15) is 8.78 Å². The summed E-state index contributed by atoms with van der Waals surface area (Å²) in [5.41, 5.74) is 4.45. The van der Waals surface area contributed by atoms with Crippen molar-refractivity contribution in [3.63, 3.8) is 0 Å². The molecule has 0 aliphatic rings. The Bertz CT molecular complexity index is 1400. The molecule has 152 valence electrons. The molecule has 0 saturated heterocycles. The number of pyridine rings is 1. The number of aromatic nitrogens is 4. The van der Waals surface area contributed by atoms with Crippen LogP contribution < -0.4 is 5.32 Å². The van der Waals surface area contributed by atoms with Crippen LogP contribution in [0.4, 0.5) is 20.2 Å². The summed E-state index contributed by atoms with van der Waals surface area (Å²) in [6.07, 6.45) is 1.75. The molecule has 0 amide bonds. The number of fused-ring (bicyclic) bond motifs is 1. The number of rotatable bonds is 4. The van der Waals surface area contributed by atoms with Crippen LogP contribution >= 0.6 is 22.6 Å². The average Bonchev–Trinajstić information content (AvgIpc) is 3.27. The van der Waals surface area contributed by atoms with Crippen LogP contribution in [-0.4, -0.2) is 20.0 Å². The van der Waals surface area contributed by atoms with Gasteiger partial charge in [-0.1, -0.05) is 11.3 Å². The van der Waals surface area contributed by atoms with E-state index in [0.29, 0.717) is 20.6 Å². The maximum absolute atomic E-state index is 13.5. The summed E-state index contributed by atoms with van der Waals surface area (Å²) < 4.78 is 28.8. The van der Waals surface area contributed by atoms with E-state index >= 15 is 0 Å². The molecule has 0 fully saturated rings. The molecule has 0 radical (unpaired) electrons. The van der Waals surface area contributed by atoms with Gasteiger partial charge in [0.05, 0.1) is 26.7 Å². The first kappa shape index (κ1) is 19.6. The standard InChI is InChI=1S/C23H14F2IN5/c24-14-4-7-16(8-5-14)31-13-23(29-30-31)22-11-9-17-20(2-1-3-21(17)28-22)27-15-6-10-18(25)19(26)12-15/h1-13,27H. The van der Waals surface area contributed by atoms with Gasteiger partial charge in [0.2, 0.25) is 0 Å². The Morgan fingerprint density at radius 2 is 1.71 bits per heavy atom. The Morgan fingerprint density at radius 3 is 2.52 bits per heavy atom. The van der Waals surface area contributed by atoms with E-state index in [0.717, 1.165) is 22.3 Å². The maximum atomic E-state index is 13.5. The highest BCUT2D eigenvalue weighted by atomic mass is 127. The van der Waals surface area contributed by atoms with Gasteiger partial charge in [0.15, 0.2) is 0 Å². The van der Waals surface area contributed by atoms with Crippen molar-refractivity contribution in [2.75, 3.05) is 5.32 Å². The molecule has 0 aliphatic heterocycles. The molecule has 0 saturated carbocycles. The van der Waals surface area contributed by atoms with Gasteiger partial charge in [-0.05, 0) is 89.3 Å². The lowest BCUT2D eigenvalue weighted by atomic mass is 10.1. The normalized spacial score (nSPS) is 11.1. The molecule has 0 unspecified atom stereocenters. The fourth-order valence-corrected chi connectivity index (χ4v) is 3.75. The molecule has 2 heterocycles. The molecular weight excluding hydrogens is 511 g/mol. The maximum Gasteiger partial charge on any atom is 0.136 e. The fourth-order valence-electron chi connectivity index (χ4n) is 3.24. The van der Waals surface area contributed by atoms with Crippen molar-refractivity contribution >= 4 is 44.9 Å². The van der Waals surface area contributed by atoms with Gasteiger partial charge in [-0.3, -0.25) is 0 Å². The van der Waals surface area contributed by atoms with Crippen molar-refractivity contribution in [1.82, 2.24) is 20.0 Å². The number of nitrogens with one attached hydrogen (secondary N) is 1. The molecular formula is C23H14F2IN5. The van der Waals surface area contributed by atoms with Crippen LogP contribution in [0.15, 0.2) is 79.0 Å². The van der Waals surface area contributed by atoms with Crippen LogP contribution in [0.5, 0.6) is 0 Å². The third-order valence-electron chi connectivity index (χ3n) is 4.78. The summed E-state index contributed by atoms with van der Waals surface area (Å²) >= 11 is 1.97. The molecule has 5 nitrogen and oxygen atoms in total. The highest BCUT2D eigenvalue weighted by Gasteiger charge is 2.10. The van der Waals surface area contributed by atoms with Gasteiger partial charge in [-0.25, -0.2) is 18.4 Å². The minimum Gasteiger partial charge on any atom is -0.355 e. The topological polar surface area (TPSA) is 55.6 Å². The summed E-state index contributed by atoms with van der Waals surface area (Å²) in [5, 5.41) is 12.6. The van der Waals surface area contributed by atoms with E-state index < -0.39 is 0 Å². The van der Waals surface area contributed by atoms with Crippen LogP contribution in [0.3, 0.4) is 0 Å². The van der Waals surface area contributed by atoms with Gasteiger partial charge in [0.1, 0.15) is 17.3 Å². The van der Waals surface area contributed by atoms with Crippen molar-refractivity contribution in [2.24, 2.45) is 0 Å². The van der Waals surface area contributed by atoms with Gasteiger partial charge in [0.25, 0.3) is 0 Å². The lowest BCUT2D eigenvalue weighted by Crippen LogP contribution is -1.94. The number of benzene rings is 3. The molecule has 2 aromatic heterocycles. The summed E-state index contributed by atoms with van der Waals surface area (Å²) in [5.74, 6) is -0.552. The predicted octanol–water partition coefficient (Wildman–Crippen LogP) is 6.11. The second-order valence-electron chi connectivity index (χ2n) is 6.85. The minimum atomic E-state index is -0.306. The van der Waals surface area contributed by atoms with Gasteiger partial charge in [-0.2, -0.15) is 0 Å². The molecule has 5 rings (SSSR count). The van der Waals surface area contributed by atoms with Crippen LogP contribution in [0.25, 0.3) is 28.0 Å². The number of anilines is 2. The van der Waals surface area contributed by atoms with Gasteiger partial charge in [0, 0.05) is 16.8 Å². The first-order chi connectivity index (χ1) is 15.1.